The van der Waals surface area contributed by atoms with Crippen molar-refractivity contribution in [3.63, 3.8) is 0 Å². The highest BCUT2D eigenvalue weighted by Gasteiger charge is 2.30. The summed E-state index contributed by atoms with van der Waals surface area (Å²) >= 11 is 6.31. The summed E-state index contributed by atoms with van der Waals surface area (Å²) in [5, 5.41) is 3.77. The Morgan fingerprint density at radius 3 is 2.88 bits per heavy atom. The third-order valence-electron chi connectivity index (χ3n) is 5.21. The number of anilines is 2. The summed E-state index contributed by atoms with van der Waals surface area (Å²) in [6, 6.07) is 7.38. The van der Waals surface area contributed by atoms with Crippen molar-refractivity contribution in [1.29, 1.82) is 0 Å². The Morgan fingerprint density at radius 1 is 1.19 bits per heavy atom. The van der Waals surface area contributed by atoms with E-state index in [1.165, 1.54) is 14.2 Å². The number of hydrogen-bond acceptors (Lipinski definition) is 8. The van der Waals surface area contributed by atoms with Crippen molar-refractivity contribution in [2.45, 2.75) is 6.42 Å². The quantitative estimate of drug-likeness (QED) is 0.435. The molecule has 10 heteroatoms. The van der Waals surface area contributed by atoms with E-state index >= 15 is 0 Å². The highest BCUT2D eigenvalue weighted by Crippen LogP contribution is 2.42. The molecule has 4 heterocycles. The third kappa shape index (κ3) is 3.27. The van der Waals surface area contributed by atoms with Crippen LogP contribution in [0.3, 0.4) is 0 Å². The minimum Gasteiger partial charge on any atom is -0.493 e. The molecule has 0 aliphatic carbocycles. The molecule has 162 valence electrons. The molecule has 1 aliphatic heterocycles. The summed E-state index contributed by atoms with van der Waals surface area (Å²) in [4.78, 5) is 29.1. The number of nitrogens with zero attached hydrogens (tertiary/aromatic N) is 3. The zero-order valence-corrected chi connectivity index (χ0v) is 18.0. The number of nitrogens with one attached hydrogen (secondary N) is 2. The van der Waals surface area contributed by atoms with Gasteiger partial charge >= 0.3 is 12.0 Å². The third-order valence-corrected chi connectivity index (χ3v) is 5.50. The highest BCUT2D eigenvalue weighted by molar-refractivity contribution is 6.32. The van der Waals surface area contributed by atoms with Crippen LogP contribution in [0.25, 0.3) is 22.3 Å². The topological polar surface area (TPSA) is 111 Å². The van der Waals surface area contributed by atoms with E-state index in [0.717, 1.165) is 11.3 Å². The number of para-hydroxylation sites is 1. The SMILES string of the molecule is COc1ncc2nccc(-c3[nH]c4c(c3Nc3cccc(Cl)c3OC)C(=O)OCC4)c2n1. The average Bonchev–Trinajstić information content (AvgIpc) is 3.17. The van der Waals surface area contributed by atoms with Gasteiger partial charge < -0.3 is 24.5 Å². The van der Waals surface area contributed by atoms with Crippen LogP contribution in [0, 0.1) is 0 Å². The predicted octanol–water partition coefficient (Wildman–Crippen LogP) is 4.15. The minimum atomic E-state index is -0.414. The van der Waals surface area contributed by atoms with E-state index < -0.39 is 5.97 Å². The maximum Gasteiger partial charge on any atom is 0.342 e. The summed E-state index contributed by atoms with van der Waals surface area (Å²) in [5.74, 6) is 0.0469. The van der Waals surface area contributed by atoms with Gasteiger partial charge in [-0.15, -0.1) is 0 Å². The van der Waals surface area contributed by atoms with Crippen LogP contribution in [-0.2, 0) is 11.2 Å². The largest absolute Gasteiger partial charge is 0.493 e. The fraction of sp³-hybridized carbons (Fsp3) is 0.182. The molecule has 0 amide bonds. The van der Waals surface area contributed by atoms with Gasteiger partial charge in [0.2, 0.25) is 0 Å². The van der Waals surface area contributed by atoms with Gasteiger partial charge in [0.25, 0.3) is 0 Å². The molecule has 0 bridgehead atoms. The zero-order valence-electron chi connectivity index (χ0n) is 17.2. The van der Waals surface area contributed by atoms with Gasteiger partial charge in [-0.1, -0.05) is 17.7 Å². The molecule has 0 saturated carbocycles. The number of pyridine rings is 1. The van der Waals surface area contributed by atoms with E-state index in [4.69, 9.17) is 25.8 Å². The Balaban J connectivity index is 1.76. The van der Waals surface area contributed by atoms with E-state index in [0.29, 0.717) is 57.5 Å². The Hall–Kier alpha value is -3.85. The van der Waals surface area contributed by atoms with E-state index in [9.17, 15) is 4.79 Å². The van der Waals surface area contributed by atoms with Crippen LogP contribution < -0.4 is 14.8 Å². The molecule has 0 atom stereocenters. The lowest BCUT2D eigenvalue weighted by Gasteiger charge is -2.16. The van der Waals surface area contributed by atoms with Crippen molar-refractivity contribution < 1.29 is 19.0 Å². The predicted molar refractivity (Wildman–Crippen MR) is 119 cm³/mol. The summed E-state index contributed by atoms with van der Waals surface area (Å²) in [6.07, 6.45) is 3.81. The second-order valence-corrected chi connectivity index (χ2v) is 7.42. The van der Waals surface area contributed by atoms with Crippen molar-refractivity contribution >= 4 is 40.0 Å². The van der Waals surface area contributed by atoms with E-state index in [1.54, 1.807) is 24.5 Å². The average molecular weight is 452 g/mol. The Kier molecular flexibility index (Phi) is 5.02. The van der Waals surface area contributed by atoms with E-state index in [2.05, 4.69) is 25.3 Å². The first kappa shape index (κ1) is 20.1. The maximum absolute atomic E-state index is 12.7. The van der Waals surface area contributed by atoms with Crippen molar-refractivity contribution in [1.82, 2.24) is 19.9 Å². The van der Waals surface area contributed by atoms with E-state index in [-0.39, 0.29) is 6.01 Å². The van der Waals surface area contributed by atoms with Gasteiger partial charge in [-0.25, -0.2) is 9.78 Å². The van der Waals surface area contributed by atoms with Crippen LogP contribution in [-0.4, -0.2) is 46.7 Å². The number of rotatable bonds is 5. The van der Waals surface area contributed by atoms with Gasteiger partial charge in [0.1, 0.15) is 16.6 Å². The lowest BCUT2D eigenvalue weighted by atomic mass is 10.1. The van der Waals surface area contributed by atoms with Crippen LogP contribution >= 0.6 is 11.6 Å². The Labute approximate surface area is 187 Å². The minimum absolute atomic E-state index is 0.216. The number of carbonyl (C=O) groups is 1. The number of carbonyl (C=O) groups excluding carboxylic acids is 1. The molecule has 1 aliphatic rings. The standard InChI is InChI=1S/C22H18ClN5O4/c1-30-20-12(23)4-3-5-14(20)27-19-16-13(7-9-32-21(16)29)26-18(19)11-6-8-24-15-10-25-22(31-2)28-17(11)15/h3-6,8,10,26-27H,7,9H2,1-2H3. The Morgan fingerprint density at radius 2 is 2.06 bits per heavy atom. The first-order chi connectivity index (χ1) is 15.6. The summed E-state index contributed by atoms with van der Waals surface area (Å²) in [7, 11) is 3.03. The number of esters is 1. The Bertz CT molecular complexity index is 1350. The van der Waals surface area contributed by atoms with Gasteiger partial charge in [0.15, 0.2) is 5.75 Å². The molecule has 9 nitrogen and oxygen atoms in total. The van der Waals surface area contributed by atoms with Crippen molar-refractivity contribution in [3.05, 3.63) is 52.9 Å². The summed E-state index contributed by atoms with van der Waals surface area (Å²) < 4.78 is 16.0. The number of methoxy groups -OCH3 is 2. The van der Waals surface area contributed by atoms with Gasteiger partial charge in [-0.05, 0) is 18.2 Å². The fourth-order valence-electron chi connectivity index (χ4n) is 3.78. The molecule has 0 unspecified atom stereocenters. The molecule has 32 heavy (non-hydrogen) atoms. The van der Waals surface area contributed by atoms with Gasteiger partial charge in [0, 0.05) is 23.9 Å². The second-order valence-electron chi connectivity index (χ2n) is 7.01. The molecule has 3 aromatic heterocycles. The molecule has 0 spiro atoms. The molecule has 0 fully saturated rings. The van der Waals surface area contributed by atoms with Gasteiger partial charge in [-0.3, -0.25) is 4.98 Å². The number of cyclic esters (lactones) is 1. The summed E-state index contributed by atoms with van der Waals surface area (Å²) in [6.45, 7) is 0.304. The monoisotopic (exact) mass is 451 g/mol. The number of benzene rings is 1. The molecule has 2 N–H and O–H groups in total. The molecule has 5 rings (SSSR count). The number of aromatic nitrogens is 4. The number of fused-ring (bicyclic) bond motifs is 2. The van der Waals surface area contributed by atoms with Crippen LogP contribution in [0.15, 0.2) is 36.7 Å². The number of H-pyrrole nitrogens is 1. The normalized spacial score (nSPS) is 12.9. The summed E-state index contributed by atoms with van der Waals surface area (Å²) in [5.41, 5.74) is 4.88. The van der Waals surface area contributed by atoms with E-state index in [1.807, 2.05) is 12.1 Å². The highest BCUT2D eigenvalue weighted by atomic mass is 35.5. The molecular formula is C22H18ClN5O4. The smallest absolute Gasteiger partial charge is 0.342 e. The lowest BCUT2D eigenvalue weighted by Crippen LogP contribution is -2.17. The van der Waals surface area contributed by atoms with Gasteiger partial charge in [0.05, 0.1) is 49.1 Å². The number of aromatic amines is 1. The maximum atomic E-state index is 12.7. The molecule has 0 radical (unpaired) electrons. The second kappa shape index (κ2) is 8.01. The molecule has 0 saturated heterocycles. The van der Waals surface area contributed by atoms with Crippen molar-refractivity contribution in [2.24, 2.45) is 0 Å². The van der Waals surface area contributed by atoms with Crippen LogP contribution in [0.5, 0.6) is 11.8 Å². The van der Waals surface area contributed by atoms with Crippen LogP contribution in [0.2, 0.25) is 5.02 Å². The fourth-order valence-corrected chi connectivity index (χ4v) is 4.03. The molecule has 1 aromatic carbocycles. The molecule has 4 aromatic rings. The zero-order chi connectivity index (χ0) is 22.2. The number of halogens is 1. The first-order valence-corrected chi connectivity index (χ1v) is 10.2. The first-order valence-electron chi connectivity index (χ1n) is 9.78. The van der Waals surface area contributed by atoms with Crippen LogP contribution in [0.4, 0.5) is 11.4 Å². The van der Waals surface area contributed by atoms with Crippen molar-refractivity contribution in [3.8, 4) is 23.0 Å². The molecular weight excluding hydrogens is 434 g/mol. The van der Waals surface area contributed by atoms with Crippen molar-refractivity contribution in [2.75, 3.05) is 26.1 Å². The van der Waals surface area contributed by atoms with Crippen LogP contribution in [0.1, 0.15) is 16.1 Å². The lowest BCUT2D eigenvalue weighted by molar-refractivity contribution is 0.0480. The number of hydrogen-bond donors (Lipinski definition) is 2. The van der Waals surface area contributed by atoms with Gasteiger partial charge in [-0.2, -0.15) is 4.98 Å². The number of ether oxygens (including phenoxy) is 3.